The van der Waals surface area contributed by atoms with E-state index in [1.165, 1.54) is 30.3 Å². The summed E-state index contributed by atoms with van der Waals surface area (Å²) in [6.45, 7) is 17.4. The normalized spacial score (nSPS) is 12.0. The van der Waals surface area contributed by atoms with Gasteiger partial charge in [-0.2, -0.15) is 23.1 Å². The van der Waals surface area contributed by atoms with Gasteiger partial charge in [0.05, 0.1) is 13.3 Å². The number of methoxy groups -OCH3 is 1. The Balaban J connectivity index is 0.00000182. The molecule has 1 fully saturated rings. The van der Waals surface area contributed by atoms with Crippen LogP contribution < -0.4 is 25.6 Å². The zero-order valence-electron chi connectivity index (χ0n) is 29.1. The van der Waals surface area contributed by atoms with Crippen LogP contribution in [-0.4, -0.2) is 89.1 Å². The number of hydrogen-bond acceptors (Lipinski definition) is 10. The van der Waals surface area contributed by atoms with Gasteiger partial charge in [0, 0.05) is 57.8 Å². The fraction of sp³-hybridized carbons (Fsp3) is 0.438. The summed E-state index contributed by atoms with van der Waals surface area (Å²) in [5.74, 6) is -0.676. The standard InChI is InChI=1S/C26H29F3N10O3.3C2H6/c1-5-20(40)32-16-7-6-8-17(13-16)33-21-18(26(27,28)29)14-30-23(35-21)34-19-15-31-24(36-22(19)42-4)38-9-11-39(12-10-38)25(41)37(2)3;3*1-2/h5-8,13-15H,1,9-12H2,2-4H3,(H,32,40)(H2,30,33,34,35);3*1-2H3. The molecule has 0 aliphatic carbocycles. The quantitative estimate of drug-likeness (QED) is 0.219. The second kappa shape index (κ2) is 20.2. The van der Waals surface area contributed by atoms with Crippen molar-refractivity contribution in [2.24, 2.45) is 0 Å². The maximum absolute atomic E-state index is 13.8. The molecule has 1 aliphatic rings. The zero-order valence-corrected chi connectivity index (χ0v) is 29.1. The molecule has 13 nitrogen and oxygen atoms in total. The molecule has 1 aromatic carbocycles. The summed E-state index contributed by atoms with van der Waals surface area (Å²) in [4.78, 5) is 45.6. The lowest BCUT2D eigenvalue weighted by atomic mass is 10.2. The maximum Gasteiger partial charge on any atom is 0.421 e. The Kier molecular flexibility index (Phi) is 17.2. The molecule has 0 spiro atoms. The molecule has 0 atom stereocenters. The molecule has 4 rings (SSSR count). The minimum atomic E-state index is -4.75. The van der Waals surface area contributed by atoms with Crippen molar-refractivity contribution in [2.75, 3.05) is 68.2 Å². The van der Waals surface area contributed by atoms with Crippen LogP contribution in [0.2, 0.25) is 0 Å². The number of nitrogens with one attached hydrogen (secondary N) is 3. The third kappa shape index (κ3) is 11.6. The Hall–Kier alpha value is -5.15. The molecule has 2 aromatic heterocycles. The molecular formula is C32H47F3N10O3. The fourth-order valence-electron chi connectivity index (χ4n) is 4.00. The third-order valence-corrected chi connectivity index (χ3v) is 6.07. The molecule has 0 radical (unpaired) electrons. The number of urea groups is 1. The van der Waals surface area contributed by atoms with Crippen molar-refractivity contribution in [1.82, 2.24) is 29.7 Å². The molecule has 264 valence electrons. The van der Waals surface area contributed by atoms with Crippen LogP contribution in [0, 0.1) is 0 Å². The number of halogens is 3. The third-order valence-electron chi connectivity index (χ3n) is 6.07. The van der Waals surface area contributed by atoms with Gasteiger partial charge in [-0.3, -0.25) is 4.79 Å². The van der Waals surface area contributed by atoms with E-state index in [0.717, 1.165) is 6.08 Å². The van der Waals surface area contributed by atoms with Gasteiger partial charge in [-0.05, 0) is 24.3 Å². The van der Waals surface area contributed by atoms with Crippen LogP contribution in [0.4, 0.5) is 52.7 Å². The van der Waals surface area contributed by atoms with Crippen molar-refractivity contribution in [1.29, 1.82) is 0 Å². The number of hydrogen-bond donors (Lipinski definition) is 3. The molecule has 3 aromatic rings. The van der Waals surface area contributed by atoms with Gasteiger partial charge in [0.25, 0.3) is 0 Å². The molecule has 16 heteroatoms. The number of carbonyl (C=O) groups excluding carboxylic acids is 2. The van der Waals surface area contributed by atoms with Crippen molar-refractivity contribution >= 4 is 46.7 Å². The largest absolute Gasteiger partial charge is 0.479 e. The minimum Gasteiger partial charge on any atom is -0.479 e. The minimum absolute atomic E-state index is 0.0785. The van der Waals surface area contributed by atoms with Gasteiger partial charge in [-0.15, -0.1) is 0 Å². The van der Waals surface area contributed by atoms with Gasteiger partial charge in [0.15, 0.2) is 0 Å². The number of alkyl halides is 3. The molecule has 0 bridgehead atoms. The van der Waals surface area contributed by atoms with E-state index in [1.54, 1.807) is 31.1 Å². The van der Waals surface area contributed by atoms with Gasteiger partial charge in [0.1, 0.15) is 17.1 Å². The molecule has 48 heavy (non-hydrogen) atoms. The number of aromatic nitrogens is 4. The van der Waals surface area contributed by atoms with Crippen LogP contribution >= 0.6 is 0 Å². The Labute approximate surface area is 280 Å². The topological polar surface area (TPSA) is 141 Å². The first-order chi connectivity index (χ1) is 23.0. The van der Waals surface area contributed by atoms with E-state index in [9.17, 15) is 22.8 Å². The van der Waals surface area contributed by atoms with E-state index < -0.39 is 23.5 Å². The summed E-state index contributed by atoms with van der Waals surface area (Å²) in [5, 5.41) is 8.01. The highest BCUT2D eigenvalue weighted by Crippen LogP contribution is 2.36. The maximum atomic E-state index is 13.8. The van der Waals surface area contributed by atoms with E-state index in [1.807, 2.05) is 46.4 Å². The zero-order chi connectivity index (χ0) is 36.4. The lowest BCUT2D eigenvalue weighted by Gasteiger charge is -2.36. The highest BCUT2D eigenvalue weighted by molar-refractivity contribution is 5.99. The summed E-state index contributed by atoms with van der Waals surface area (Å²) in [7, 11) is 4.78. The van der Waals surface area contributed by atoms with Crippen molar-refractivity contribution < 1.29 is 27.5 Å². The fourth-order valence-corrected chi connectivity index (χ4v) is 4.00. The Morgan fingerprint density at radius 3 is 2.12 bits per heavy atom. The van der Waals surface area contributed by atoms with E-state index in [-0.39, 0.29) is 29.2 Å². The first-order valence-electron chi connectivity index (χ1n) is 15.6. The number of anilines is 6. The molecule has 3 amide bonds. The van der Waals surface area contributed by atoms with E-state index in [2.05, 4.69) is 42.5 Å². The molecule has 1 saturated heterocycles. The summed E-state index contributed by atoms with van der Waals surface area (Å²) >= 11 is 0. The van der Waals surface area contributed by atoms with Crippen LogP contribution in [0.1, 0.15) is 47.1 Å². The van der Waals surface area contributed by atoms with Crippen LogP contribution in [0.15, 0.2) is 49.3 Å². The van der Waals surface area contributed by atoms with Crippen molar-refractivity contribution in [3.63, 3.8) is 0 Å². The van der Waals surface area contributed by atoms with E-state index in [0.29, 0.717) is 44.0 Å². The van der Waals surface area contributed by atoms with Gasteiger partial charge >= 0.3 is 12.2 Å². The number of amides is 3. The lowest BCUT2D eigenvalue weighted by molar-refractivity contribution is -0.137. The highest BCUT2D eigenvalue weighted by atomic mass is 19.4. The van der Waals surface area contributed by atoms with Crippen LogP contribution in [0.5, 0.6) is 5.88 Å². The smallest absolute Gasteiger partial charge is 0.421 e. The van der Waals surface area contributed by atoms with Gasteiger partial charge in [-0.1, -0.05) is 54.2 Å². The monoisotopic (exact) mass is 676 g/mol. The Morgan fingerprint density at radius 1 is 0.938 bits per heavy atom. The van der Waals surface area contributed by atoms with Crippen molar-refractivity contribution in [2.45, 2.75) is 47.7 Å². The molecule has 1 aliphatic heterocycles. The number of piperazine rings is 1. The number of ether oxygens (including phenoxy) is 1. The summed E-state index contributed by atoms with van der Waals surface area (Å²) < 4.78 is 46.7. The van der Waals surface area contributed by atoms with E-state index >= 15 is 0 Å². The number of nitrogens with zero attached hydrogens (tertiary/aromatic N) is 7. The first-order valence-corrected chi connectivity index (χ1v) is 15.6. The predicted molar refractivity (Wildman–Crippen MR) is 184 cm³/mol. The highest BCUT2D eigenvalue weighted by Gasteiger charge is 2.35. The summed E-state index contributed by atoms with van der Waals surface area (Å²) in [5.41, 5.74) is -0.287. The second-order valence-electron chi connectivity index (χ2n) is 9.22. The van der Waals surface area contributed by atoms with Crippen molar-refractivity contribution in [3.8, 4) is 5.88 Å². The molecule has 0 unspecified atom stereocenters. The first kappa shape index (κ1) is 40.9. The average Bonchev–Trinajstić information content (AvgIpc) is 3.10. The summed E-state index contributed by atoms with van der Waals surface area (Å²) in [6.07, 6.45) is -1.61. The lowest BCUT2D eigenvalue weighted by Crippen LogP contribution is -2.51. The van der Waals surface area contributed by atoms with E-state index in [4.69, 9.17) is 4.74 Å². The SMILES string of the molecule is C=CC(=O)Nc1cccc(Nc2nc(Nc3cnc(N4CCN(C(=O)N(C)C)CC4)nc3OC)ncc2C(F)(F)F)c1.CC.CC.CC. The molecule has 3 N–H and O–H groups in total. The molecular weight excluding hydrogens is 629 g/mol. The number of carbonyl (C=O) groups is 2. The Morgan fingerprint density at radius 2 is 1.56 bits per heavy atom. The van der Waals surface area contributed by atoms with Crippen LogP contribution in [-0.2, 0) is 11.0 Å². The second-order valence-corrected chi connectivity index (χ2v) is 9.22. The number of rotatable bonds is 8. The van der Waals surface area contributed by atoms with Crippen LogP contribution in [0.3, 0.4) is 0 Å². The summed E-state index contributed by atoms with van der Waals surface area (Å²) in [6, 6.07) is 6.01. The van der Waals surface area contributed by atoms with Gasteiger partial charge < -0.3 is 35.4 Å². The predicted octanol–water partition coefficient (Wildman–Crippen LogP) is 6.79. The van der Waals surface area contributed by atoms with Gasteiger partial charge in [-0.25, -0.2) is 14.8 Å². The Bertz CT molecular complexity index is 1460. The molecule has 0 saturated carbocycles. The van der Waals surface area contributed by atoms with Crippen molar-refractivity contribution in [3.05, 3.63) is 54.9 Å². The van der Waals surface area contributed by atoms with Crippen LogP contribution in [0.25, 0.3) is 0 Å². The average molecular weight is 677 g/mol. The number of benzene rings is 1. The van der Waals surface area contributed by atoms with Gasteiger partial charge in [0.2, 0.25) is 23.7 Å². The molecule has 3 heterocycles.